The molecule has 0 bridgehead atoms. The number of hydrogen-bond donors (Lipinski definition) is 1. The average Bonchev–Trinajstić information content (AvgIpc) is 2.52. The van der Waals surface area contributed by atoms with Gasteiger partial charge in [-0.3, -0.25) is 4.79 Å². The second-order valence-electron chi connectivity index (χ2n) is 2.97. The molecule has 0 aliphatic carbocycles. The molecule has 0 atom stereocenters. The largest absolute Gasteiger partial charge is 0.508 e. The SMILES string of the molecule is O=c1sccn1Cc1cccc(O)c1. The van der Waals surface area contributed by atoms with Crippen molar-refractivity contribution >= 4 is 11.3 Å². The van der Waals surface area contributed by atoms with E-state index >= 15 is 0 Å². The Balaban J connectivity index is 2.27. The molecule has 0 saturated heterocycles. The standard InChI is InChI=1S/C10H9NO2S/c12-9-3-1-2-8(6-9)7-11-4-5-14-10(11)13/h1-6,12H,7H2. The highest BCUT2D eigenvalue weighted by molar-refractivity contribution is 7.07. The molecule has 0 radical (unpaired) electrons. The van der Waals surface area contributed by atoms with Gasteiger partial charge in [0.05, 0.1) is 6.54 Å². The third kappa shape index (κ3) is 1.85. The highest BCUT2D eigenvalue weighted by atomic mass is 32.1. The fourth-order valence-corrected chi connectivity index (χ4v) is 1.84. The van der Waals surface area contributed by atoms with Gasteiger partial charge in [-0.15, -0.1) is 0 Å². The van der Waals surface area contributed by atoms with Gasteiger partial charge in [0, 0.05) is 11.6 Å². The van der Waals surface area contributed by atoms with E-state index in [2.05, 4.69) is 0 Å². The Morgan fingerprint density at radius 2 is 2.29 bits per heavy atom. The number of nitrogens with zero attached hydrogens (tertiary/aromatic N) is 1. The minimum Gasteiger partial charge on any atom is -0.508 e. The van der Waals surface area contributed by atoms with Crippen molar-refractivity contribution in [1.29, 1.82) is 0 Å². The van der Waals surface area contributed by atoms with Gasteiger partial charge in [0.1, 0.15) is 5.75 Å². The molecule has 14 heavy (non-hydrogen) atoms. The van der Waals surface area contributed by atoms with Gasteiger partial charge in [0.15, 0.2) is 0 Å². The fraction of sp³-hybridized carbons (Fsp3) is 0.100. The first-order valence-electron chi connectivity index (χ1n) is 4.17. The molecule has 0 unspecified atom stereocenters. The number of phenolic OH excluding ortho intramolecular Hbond substituents is 1. The highest BCUT2D eigenvalue weighted by Gasteiger charge is 1.98. The van der Waals surface area contributed by atoms with Crippen LogP contribution in [0.25, 0.3) is 0 Å². The minimum atomic E-state index is 0.0216. The Morgan fingerprint density at radius 1 is 1.43 bits per heavy atom. The van der Waals surface area contributed by atoms with Crippen LogP contribution >= 0.6 is 11.3 Å². The number of aromatic hydroxyl groups is 1. The first-order valence-corrected chi connectivity index (χ1v) is 5.05. The zero-order chi connectivity index (χ0) is 9.97. The van der Waals surface area contributed by atoms with Crippen LogP contribution < -0.4 is 4.87 Å². The summed E-state index contributed by atoms with van der Waals surface area (Å²) in [4.78, 5) is 11.2. The van der Waals surface area contributed by atoms with Crippen molar-refractivity contribution in [3.8, 4) is 5.75 Å². The summed E-state index contributed by atoms with van der Waals surface area (Å²) >= 11 is 1.17. The second kappa shape index (κ2) is 3.67. The number of aromatic nitrogens is 1. The third-order valence-corrected chi connectivity index (χ3v) is 2.60. The lowest BCUT2D eigenvalue weighted by Crippen LogP contribution is -2.12. The van der Waals surface area contributed by atoms with Gasteiger partial charge in [-0.1, -0.05) is 23.5 Å². The predicted octanol–water partition coefficient (Wildman–Crippen LogP) is 1.66. The van der Waals surface area contributed by atoms with Crippen LogP contribution in [0.4, 0.5) is 0 Å². The van der Waals surface area contributed by atoms with Gasteiger partial charge < -0.3 is 9.67 Å². The zero-order valence-electron chi connectivity index (χ0n) is 7.38. The Bertz CT molecular complexity index is 487. The molecule has 0 aliphatic rings. The van der Waals surface area contributed by atoms with Crippen LogP contribution in [-0.2, 0) is 6.54 Å². The Morgan fingerprint density at radius 3 is 2.93 bits per heavy atom. The molecule has 4 heteroatoms. The number of benzene rings is 1. The van der Waals surface area contributed by atoms with Crippen molar-refractivity contribution in [2.75, 3.05) is 0 Å². The van der Waals surface area contributed by atoms with Gasteiger partial charge >= 0.3 is 4.87 Å². The average molecular weight is 207 g/mol. The summed E-state index contributed by atoms with van der Waals surface area (Å²) < 4.78 is 1.61. The molecule has 0 amide bonds. The van der Waals surface area contributed by atoms with Crippen molar-refractivity contribution < 1.29 is 5.11 Å². The van der Waals surface area contributed by atoms with Gasteiger partial charge in [-0.2, -0.15) is 0 Å². The van der Waals surface area contributed by atoms with Crippen molar-refractivity contribution in [2.45, 2.75) is 6.54 Å². The maximum absolute atomic E-state index is 11.2. The number of rotatable bonds is 2. The van der Waals surface area contributed by atoms with E-state index in [9.17, 15) is 9.90 Å². The molecule has 0 saturated carbocycles. The molecule has 0 aliphatic heterocycles. The first kappa shape index (κ1) is 9.02. The van der Waals surface area contributed by atoms with Crippen LogP contribution in [-0.4, -0.2) is 9.67 Å². The summed E-state index contributed by atoms with van der Waals surface area (Å²) in [5.74, 6) is 0.228. The fourth-order valence-electron chi connectivity index (χ4n) is 1.26. The summed E-state index contributed by atoms with van der Waals surface area (Å²) in [6.45, 7) is 0.511. The normalized spacial score (nSPS) is 10.3. The smallest absolute Gasteiger partial charge is 0.307 e. The molecule has 2 rings (SSSR count). The first-order chi connectivity index (χ1) is 6.75. The number of thiazole rings is 1. The van der Waals surface area contributed by atoms with E-state index in [4.69, 9.17) is 0 Å². The van der Waals surface area contributed by atoms with Crippen LogP contribution in [0.1, 0.15) is 5.56 Å². The van der Waals surface area contributed by atoms with E-state index in [-0.39, 0.29) is 10.6 Å². The highest BCUT2D eigenvalue weighted by Crippen LogP contribution is 2.11. The molecule has 3 nitrogen and oxygen atoms in total. The van der Waals surface area contributed by atoms with E-state index in [0.717, 1.165) is 5.56 Å². The van der Waals surface area contributed by atoms with Crippen molar-refractivity contribution in [3.05, 3.63) is 51.1 Å². The predicted molar refractivity (Wildman–Crippen MR) is 55.8 cm³/mol. The maximum atomic E-state index is 11.2. The van der Waals surface area contributed by atoms with Crippen molar-refractivity contribution in [3.63, 3.8) is 0 Å². The summed E-state index contributed by atoms with van der Waals surface area (Å²) in [6.07, 6.45) is 1.75. The van der Waals surface area contributed by atoms with Gasteiger partial charge in [-0.05, 0) is 17.7 Å². The molecule has 1 N–H and O–H groups in total. The summed E-state index contributed by atoms with van der Waals surface area (Å²) in [5, 5.41) is 11.0. The summed E-state index contributed by atoms with van der Waals surface area (Å²) in [5.41, 5.74) is 0.922. The Kier molecular flexibility index (Phi) is 2.37. The lowest BCUT2D eigenvalue weighted by Gasteiger charge is -2.01. The Labute approximate surface area is 84.9 Å². The molecule has 72 valence electrons. The molecule has 1 aromatic carbocycles. The third-order valence-electron chi connectivity index (χ3n) is 1.91. The van der Waals surface area contributed by atoms with Crippen LogP contribution in [0.2, 0.25) is 0 Å². The molecule has 1 heterocycles. The molecule has 1 aromatic heterocycles. The van der Waals surface area contributed by atoms with Crippen LogP contribution in [0, 0.1) is 0 Å². The van der Waals surface area contributed by atoms with Gasteiger partial charge in [0.25, 0.3) is 0 Å². The number of phenols is 1. The van der Waals surface area contributed by atoms with E-state index < -0.39 is 0 Å². The van der Waals surface area contributed by atoms with Crippen molar-refractivity contribution in [1.82, 2.24) is 4.57 Å². The second-order valence-corrected chi connectivity index (χ2v) is 3.82. The molecular weight excluding hydrogens is 198 g/mol. The van der Waals surface area contributed by atoms with E-state index in [0.29, 0.717) is 6.54 Å². The number of hydrogen-bond acceptors (Lipinski definition) is 3. The molecule has 0 fully saturated rings. The quantitative estimate of drug-likeness (QED) is 0.813. The topological polar surface area (TPSA) is 42.2 Å². The molecular formula is C10H9NO2S. The Hall–Kier alpha value is -1.55. The summed E-state index contributed by atoms with van der Waals surface area (Å²) in [6, 6.07) is 6.91. The van der Waals surface area contributed by atoms with E-state index in [1.165, 1.54) is 11.3 Å². The lowest BCUT2D eigenvalue weighted by atomic mass is 10.2. The van der Waals surface area contributed by atoms with Gasteiger partial charge in [0.2, 0.25) is 0 Å². The molecule has 2 aromatic rings. The van der Waals surface area contributed by atoms with Crippen LogP contribution in [0.3, 0.4) is 0 Å². The minimum absolute atomic E-state index is 0.0216. The molecule has 0 spiro atoms. The van der Waals surface area contributed by atoms with Gasteiger partial charge in [-0.25, -0.2) is 0 Å². The van der Waals surface area contributed by atoms with Crippen LogP contribution in [0.5, 0.6) is 5.75 Å². The zero-order valence-corrected chi connectivity index (χ0v) is 8.20. The van der Waals surface area contributed by atoms with E-state index in [1.807, 2.05) is 6.07 Å². The van der Waals surface area contributed by atoms with Crippen molar-refractivity contribution in [2.24, 2.45) is 0 Å². The van der Waals surface area contributed by atoms with E-state index in [1.54, 1.807) is 34.3 Å². The monoisotopic (exact) mass is 207 g/mol. The van der Waals surface area contributed by atoms with Crippen LogP contribution in [0.15, 0.2) is 40.6 Å². The lowest BCUT2D eigenvalue weighted by molar-refractivity contribution is 0.474. The summed E-state index contributed by atoms with van der Waals surface area (Å²) in [7, 11) is 0. The maximum Gasteiger partial charge on any atom is 0.307 e.